The van der Waals surface area contributed by atoms with E-state index in [0.717, 1.165) is 25.9 Å². The molecule has 1 unspecified atom stereocenters. The van der Waals surface area contributed by atoms with Crippen LogP contribution in [0.3, 0.4) is 0 Å². The molecule has 0 saturated carbocycles. The van der Waals surface area contributed by atoms with E-state index in [1.165, 1.54) is 11.3 Å². The second-order valence-electron chi connectivity index (χ2n) is 5.70. The zero-order chi connectivity index (χ0) is 14.5. The van der Waals surface area contributed by atoms with E-state index < -0.39 is 0 Å². The molecule has 0 radical (unpaired) electrons. The Morgan fingerprint density at radius 3 is 2.45 bits per heavy atom. The third-order valence-corrected chi connectivity index (χ3v) is 4.30. The van der Waals surface area contributed by atoms with Gasteiger partial charge < -0.3 is 16.0 Å². The number of nitrogens with zero attached hydrogens (tertiary/aromatic N) is 1. The van der Waals surface area contributed by atoms with Gasteiger partial charge in [-0.25, -0.2) is 0 Å². The minimum atomic E-state index is -0.172. The van der Waals surface area contributed by atoms with Crippen LogP contribution in [0.1, 0.15) is 37.8 Å². The molecule has 1 atom stereocenters. The fourth-order valence-corrected chi connectivity index (χ4v) is 2.82. The minimum absolute atomic E-state index is 0.172. The van der Waals surface area contributed by atoms with Gasteiger partial charge in [-0.1, -0.05) is 12.1 Å². The fraction of sp³-hybridized carbons (Fsp3) is 0.562. The summed E-state index contributed by atoms with van der Waals surface area (Å²) in [6.45, 7) is 4.18. The van der Waals surface area contributed by atoms with Crippen LogP contribution in [0.5, 0.6) is 0 Å². The summed E-state index contributed by atoms with van der Waals surface area (Å²) in [5.74, 6) is 0.293. The van der Waals surface area contributed by atoms with Crippen molar-refractivity contribution < 1.29 is 4.79 Å². The van der Waals surface area contributed by atoms with Crippen LogP contribution in [0.25, 0.3) is 0 Å². The maximum atomic E-state index is 11.0. The average molecular weight is 275 g/mol. The predicted molar refractivity (Wildman–Crippen MR) is 82.7 cm³/mol. The van der Waals surface area contributed by atoms with E-state index in [0.29, 0.717) is 18.4 Å². The number of carbonyl (C=O) groups is 1. The van der Waals surface area contributed by atoms with Crippen molar-refractivity contribution in [3.63, 3.8) is 0 Å². The van der Waals surface area contributed by atoms with Gasteiger partial charge in [-0.3, -0.25) is 4.79 Å². The Morgan fingerprint density at radius 1 is 1.35 bits per heavy atom. The monoisotopic (exact) mass is 275 g/mol. The number of primary amides is 1. The van der Waals surface area contributed by atoms with E-state index in [1.807, 2.05) is 7.05 Å². The molecule has 1 aromatic carbocycles. The first kappa shape index (κ1) is 14.9. The van der Waals surface area contributed by atoms with Gasteiger partial charge in [0.2, 0.25) is 5.91 Å². The van der Waals surface area contributed by atoms with Crippen LogP contribution in [0, 0.1) is 5.92 Å². The molecule has 1 fully saturated rings. The third kappa shape index (κ3) is 3.73. The zero-order valence-electron chi connectivity index (χ0n) is 12.4. The number of carbonyl (C=O) groups excluding carboxylic acids is 1. The molecule has 1 aliphatic rings. The van der Waals surface area contributed by atoms with Gasteiger partial charge in [0.25, 0.3) is 0 Å². The van der Waals surface area contributed by atoms with Gasteiger partial charge >= 0.3 is 0 Å². The van der Waals surface area contributed by atoms with Crippen molar-refractivity contribution in [3.05, 3.63) is 29.8 Å². The molecule has 20 heavy (non-hydrogen) atoms. The molecule has 0 aliphatic carbocycles. The molecule has 1 saturated heterocycles. The first-order valence-electron chi connectivity index (χ1n) is 7.40. The van der Waals surface area contributed by atoms with Crippen molar-refractivity contribution in [2.45, 2.75) is 32.2 Å². The van der Waals surface area contributed by atoms with E-state index in [9.17, 15) is 4.79 Å². The summed E-state index contributed by atoms with van der Waals surface area (Å²) in [4.78, 5) is 13.3. The predicted octanol–water partition coefficient (Wildman–Crippen LogP) is 2.06. The molecular formula is C16H25N3O. The van der Waals surface area contributed by atoms with Gasteiger partial charge in [-0.05, 0) is 50.4 Å². The Morgan fingerprint density at radius 2 is 1.95 bits per heavy atom. The van der Waals surface area contributed by atoms with Gasteiger partial charge in [0.15, 0.2) is 0 Å². The highest BCUT2D eigenvalue weighted by atomic mass is 16.1. The number of benzene rings is 1. The summed E-state index contributed by atoms with van der Waals surface area (Å²) < 4.78 is 0. The standard InChI is InChI=1S/C16H25N3O/c1-12(18-2)14-3-5-15(6-4-14)19-9-7-13(8-10-19)11-16(17)20/h3-6,12-13,18H,7-11H2,1-2H3,(H2,17,20). The molecule has 110 valence electrons. The van der Waals surface area contributed by atoms with Crippen LogP contribution in [0.4, 0.5) is 5.69 Å². The summed E-state index contributed by atoms with van der Waals surface area (Å²) in [5, 5.41) is 3.25. The van der Waals surface area contributed by atoms with Gasteiger partial charge in [0.05, 0.1) is 0 Å². The largest absolute Gasteiger partial charge is 0.372 e. The van der Waals surface area contributed by atoms with Crippen LogP contribution in [-0.4, -0.2) is 26.0 Å². The Balaban J connectivity index is 1.92. The lowest BCUT2D eigenvalue weighted by molar-refractivity contribution is -0.119. The van der Waals surface area contributed by atoms with Gasteiger partial charge in [0.1, 0.15) is 0 Å². The molecule has 0 bridgehead atoms. The lowest BCUT2D eigenvalue weighted by Crippen LogP contribution is -2.35. The van der Waals surface area contributed by atoms with Crippen LogP contribution in [0.2, 0.25) is 0 Å². The van der Waals surface area contributed by atoms with Crippen molar-refractivity contribution >= 4 is 11.6 Å². The number of rotatable bonds is 5. The highest BCUT2D eigenvalue weighted by molar-refractivity contribution is 5.74. The zero-order valence-corrected chi connectivity index (χ0v) is 12.4. The maximum absolute atomic E-state index is 11.0. The van der Waals surface area contributed by atoms with E-state index in [2.05, 4.69) is 41.4 Å². The smallest absolute Gasteiger partial charge is 0.217 e. The summed E-state index contributed by atoms with van der Waals surface area (Å²) >= 11 is 0. The Labute approximate surface area is 121 Å². The number of hydrogen-bond donors (Lipinski definition) is 2. The average Bonchev–Trinajstić information content (AvgIpc) is 2.47. The van der Waals surface area contributed by atoms with Crippen LogP contribution in [-0.2, 0) is 4.79 Å². The molecule has 3 N–H and O–H groups in total. The van der Waals surface area contributed by atoms with Crippen molar-refractivity contribution in [1.29, 1.82) is 0 Å². The number of anilines is 1. The Kier molecular flexibility index (Phi) is 5.01. The normalized spacial score (nSPS) is 18.0. The third-order valence-electron chi connectivity index (χ3n) is 4.30. The van der Waals surface area contributed by atoms with Crippen molar-refractivity contribution in [2.24, 2.45) is 11.7 Å². The number of nitrogens with two attached hydrogens (primary N) is 1. The Hall–Kier alpha value is -1.55. The molecule has 1 aromatic rings. The van der Waals surface area contributed by atoms with Crippen LogP contribution >= 0.6 is 0 Å². The second kappa shape index (κ2) is 6.75. The molecule has 1 amide bonds. The lowest BCUT2D eigenvalue weighted by atomic mass is 9.93. The van der Waals surface area contributed by atoms with E-state index in [-0.39, 0.29) is 5.91 Å². The Bertz CT molecular complexity index is 436. The highest BCUT2D eigenvalue weighted by Crippen LogP contribution is 2.26. The second-order valence-corrected chi connectivity index (χ2v) is 5.70. The molecular weight excluding hydrogens is 250 g/mol. The molecule has 0 aromatic heterocycles. The summed E-state index contributed by atoms with van der Waals surface area (Å²) in [6, 6.07) is 9.14. The number of nitrogens with one attached hydrogen (secondary N) is 1. The SMILES string of the molecule is CNC(C)c1ccc(N2CCC(CC(N)=O)CC2)cc1. The topological polar surface area (TPSA) is 58.4 Å². The number of piperidine rings is 1. The quantitative estimate of drug-likeness (QED) is 0.865. The summed E-state index contributed by atoms with van der Waals surface area (Å²) in [5.41, 5.74) is 7.85. The van der Waals surface area contributed by atoms with Crippen molar-refractivity contribution in [2.75, 3.05) is 25.0 Å². The summed E-state index contributed by atoms with van der Waals surface area (Å²) in [6.07, 6.45) is 2.64. The molecule has 1 aliphatic heterocycles. The van der Waals surface area contributed by atoms with E-state index in [1.54, 1.807) is 0 Å². The van der Waals surface area contributed by atoms with Crippen LogP contribution in [0.15, 0.2) is 24.3 Å². The molecule has 4 heteroatoms. The maximum Gasteiger partial charge on any atom is 0.217 e. The lowest BCUT2D eigenvalue weighted by Gasteiger charge is -2.33. The minimum Gasteiger partial charge on any atom is -0.372 e. The van der Waals surface area contributed by atoms with Crippen LogP contribution < -0.4 is 16.0 Å². The van der Waals surface area contributed by atoms with Gasteiger partial charge in [-0.15, -0.1) is 0 Å². The molecule has 1 heterocycles. The number of hydrogen-bond acceptors (Lipinski definition) is 3. The van der Waals surface area contributed by atoms with Gasteiger partial charge in [0, 0.05) is 31.2 Å². The number of amides is 1. The van der Waals surface area contributed by atoms with Crippen molar-refractivity contribution in [1.82, 2.24) is 5.32 Å². The van der Waals surface area contributed by atoms with E-state index in [4.69, 9.17) is 5.73 Å². The van der Waals surface area contributed by atoms with E-state index >= 15 is 0 Å². The molecule has 0 spiro atoms. The summed E-state index contributed by atoms with van der Waals surface area (Å²) in [7, 11) is 1.97. The van der Waals surface area contributed by atoms with Gasteiger partial charge in [-0.2, -0.15) is 0 Å². The molecule has 2 rings (SSSR count). The van der Waals surface area contributed by atoms with Crippen molar-refractivity contribution in [3.8, 4) is 0 Å². The highest BCUT2D eigenvalue weighted by Gasteiger charge is 2.20. The first-order valence-corrected chi connectivity index (χ1v) is 7.40. The first-order chi connectivity index (χ1) is 9.60. The fourth-order valence-electron chi connectivity index (χ4n) is 2.82. The molecule has 4 nitrogen and oxygen atoms in total.